The normalized spacial score (nSPS) is 16.4. The third kappa shape index (κ3) is 0.937. The lowest BCUT2D eigenvalue weighted by atomic mass is 10.4. The standard InChI is InChI=1S/C10H12N4/c1-6-13-9-8(4-5-12-10(9)11)14(6)7-2-3-7/h4-5,7H,2-3H2,1H3,(H2,11,12). The molecule has 0 unspecified atom stereocenters. The van der Waals surface area contributed by atoms with E-state index in [1.807, 2.05) is 13.0 Å². The minimum Gasteiger partial charge on any atom is -0.382 e. The van der Waals surface area contributed by atoms with Gasteiger partial charge in [0.2, 0.25) is 0 Å². The molecule has 0 aromatic carbocycles. The number of rotatable bonds is 1. The molecule has 0 bridgehead atoms. The van der Waals surface area contributed by atoms with Crippen molar-refractivity contribution in [3.63, 3.8) is 0 Å². The maximum atomic E-state index is 5.77. The lowest BCUT2D eigenvalue weighted by Gasteiger charge is -2.02. The second kappa shape index (κ2) is 2.47. The van der Waals surface area contributed by atoms with Gasteiger partial charge in [0.25, 0.3) is 0 Å². The quantitative estimate of drug-likeness (QED) is 0.740. The highest BCUT2D eigenvalue weighted by Gasteiger charge is 2.27. The lowest BCUT2D eigenvalue weighted by molar-refractivity contribution is 0.734. The van der Waals surface area contributed by atoms with Gasteiger partial charge in [0.15, 0.2) is 5.82 Å². The van der Waals surface area contributed by atoms with E-state index >= 15 is 0 Å². The summed E-state index contributed by atoms with van der Waals surface area (Å²) < 4.78 is 2.27. The van der Waals surface area contributed by atoms with Gasteiger partial charge in [0.1, 0.15) is 11.3 Å². The average molecular weight is 188 g/mol. The van der Waals surface area contributed by atoms with Crippen LogP contribution in [-0.4, -0.2) is 14.5 Å². The van der Waals surface area contributed by atoms with E-state index < -0.39 is 0 Å². The van der Waals surface area contributed by atoms with Gasteiger partial charge in [-0.15, -0.1) is 0 Å². The summed E-state index contributed by atoms with van der Waals surface area (Å²) in [6.45, 7) is 2.03. The van der Waals surface area contributed by atoms with Crippen LogP contribution in [0.1, 0.15) is 24.7 Å². The summed E-state index contributed by atoms with van der Waals surface area (Å²) >= 11 is 0. The molecule has 2 aromatic heterocycles. The molecule has 72 valence electrons. The molecule has 0 atom stereocenters. The zero-order valence-corrected chi connectivity index (χ0v) is 8.07. The molecule has 4 nitrogen and oxygen atoms in total. The van der Waals surface area contributed by atoms with Crippen molar-refractivity contribution in [3.8, 4) is 0 Å². The second-order valence-corrected chi connectivity index (χ2v) is 3.82. The minimum absolute atomic E-state index is 0.532. The van der Waals surface area contributed by atoms with Crippen LogP contribution < -0.4 is 5.73 Å². The summed E-state index contributed by atoms with van der Waals surface area (Å²) in [6, 6.07) is 2.63. The summed E-state index contributed by atoms with van der Waals surface area (Å²) in [6.07, 6.45) is 4.26. The number of nitrogens with two attached hydrogens (primary N) is 1. The largest absolute Gasteiger partial charge is 0.382 e. The highest BCUT2D eigenvalue weighted by atomic mass is 15.1. The molecule has 4 heteroatoms. The number of imidazole rings is 1. The van der Waals surface area contributed by atoms with Crippen LogP contribution >= 0.6 is 0 Å². The Bertz CT molecular complexity index is 496. The molecule has 14 heavy (non-hydrogen) atoms. The van der Waals surface area contributed by atoms with Crippen LogP contribution in [0.2, 0.25) is 0 Å². The van der Waals surface area contributed by atoms with Crippen LogP contribution in [0.15, 0.2) is 12.3 Å². The van der Waals surface area contributed by atoms with Crippen molar-refractivity contribution in [2.75, 3.05) is 5.73 Å². The van der Waals surface area contributed by atoms with Gasteiger partial charge in [-0.1, -0.05) is 0 Å². The predicted molar refractivity (Wildman–Crippen MR) is 54.9 cm³/mol. The second-order valence-electron chi connectivity index (χ2n) is 3.82. The topological polar surface area (TPSA) is 56.7 Å². The van der Waals surface area contributed by atoms with Crippen LogP contribution in [0.3, 0.4) is 0 Å². The third-order valence-electron chi connectivity index (χ3n) is 2.73. The van der Waals surface area contributed by atoms with E-state index in [2.05, 4.69) is 14.5 Å². The molecular formula is C10H12N4. The Labute approximate surface area is 81.8 Å². The molecule has 1 fully saturated rings. The Morgan fingerprint density at radius 2 is 2.29 bits per heavy atom. The molecular weight excluding hydrogens is 176 g/mol. The summed E-state index contributed by atoms with van der Waals surface area (Å²) in [5, 5.41) is 0. The number of aromatic nitrogens is 3. The first-order valence-electron chi connectivity index (χ1n) is 4.86. The van der Waals surface area contributed by atoms with Gasteiger partial charge >= 0.3 is 0 Å². The van der Waals surface area contributed by atoms with Gasteiger partial charge in [0.05, 0.1) is 5.52 Å². The zero-order chi connectivity index (χ0) is 9.71. The fourth-order valence-corrected chi connectivity index (χ4v) is 1.95. The molecule has 0 spiro atoms. The highest BCUT2D eigenvalue weighted by Crippen LogP contribution is 2.38. The van der Waals surface area contributed by atoms with Gasteiger partial charge < -0.3 is 10.3 Å². The van der Waals surface area contributed by atoms with Crippen LogP contribution in [0, 0.1) is 6.92 Å². The molecule has 2 N–H and O–H groups in total. The first kappa shape index (κ1) is 7.79. The smallest absolute Gasteiger partial charge is 0.151 e. The number of nitrogen functional groups attached to an aromatic ring is 1. The number of anilines is 1. The molecule has 1 saturated carbocycles. The average Bonchev–Trinajstić information content (AvgIpc) is 2.91. The van der Waals surface area contributed by atoms with Crippen LogP contribution in [-0.2, 0) is 0 Å². The molecule has 3 rings (SSSR count). The van der Waals surface area contributed by atoms with Gasteiger partial charge in [-0.3, -0.25) is 0 Å². The number of hydrogen-bond acceptors (Lipinski definition) is 3. The van der Waals surface area contributed by atoms with E-state index in [9.17, 15) is 0 Å². The monoisotopic (exact) mass is 188 g/mol. The van der Waals surface area contributed by atoms with Gasteiger partial charge in [0, 0.05) is 12.2 Å². The van der Waals surface area contributed by atoms with Crippen LogP contribution in [0.4, 0.5) is 5.82 Å². The van der Waals surface area contributed by atoms with Crippen molar-refractivity contribution >= 4 is 16.9 Å². The van der Waals surface area contributed by atoms with Crippen molar-refractivity contribution < 1.29 is 0 Å². The SMILES string of the molecule is Cc1nc2c(N)nccc2n1C1CC1. The third-order valence-corrected chi connectivity index (χ3v) is 2.73. The van der Waals surface area contributed by atoms with Crippen LogP contribution in [0.25, 0.3) is 11.0 Å². The number of aryl methyl sites for hydroxylation is 1. The zero-order valence-electron chi connectivity index (χ0n) is 8.07. The van der Waals surface area contributed by atoms with Crippen molar-refractivity contribution in [1.82, 2.24) is 14.5 Å². The molecule has 0 radical (unpaired) electrons. The van der Waals surface area contributed by atoms with E-state index in [0.29, 0.717) is 11.9 Å². The van der Waals surface area contributed by atoms with Gasteiger partial charge in [-0.2, -0.15) is 0 Å². The van der Waals surface area contributed by atoms with Crippen molar-refractivity contribution in [1.29, 1.82) is 0 Å². The number of fused-ring (bicyclic) bond motifs is 1. The predicted octanol–water partition coefficient (Wildman–Crippen LogP) is 1.66. The fourth-order valence-electron chi connectivity index (χ4n) is 1.95. The molecule has 1 aliphatic carbocycles. The van der Waals surface area contributed by atoms with E-state index in [0.717, 1.165) is 16.9 Å². The number of pyridine rings is 1. The highest BCUT2D eigenvalue weighted by molar-refractivity contribution is 5.85. The maximum absolute atomic E-state index is 5.77. The Kier molecular flexibility index (Phi) is 1.37. The van der Waals surface area contributed by atoms with Gasteiger partial charge in [-0.05, 0) is 25.8 Å². The Hall–Kier alpha value is -1.58. The van der Waals surface area contributed by atoms with E-state index in [-0.39, 0.29) is 0 Å². The molecule has 1 aliphatic rings. The Balaban J connectivity index is 2.37. The number of nitrogens with zero attached hydrogens (tertiary/aromatic N) is 3. The first-order chi connectivity index (χ1) is 6.77. The maximum Gasteiger partial charge on any atom is 0.151 e. The van der Waals surface area contributed by atoms with Crippen molar-refractivity contribution in [2.24, 2.45) is 0 Å². The van der Waals surface area contributed by atoms with Crippen molar-refractivity contribution in [3.05, 3.63) is 18.1 Å². The Morgan fingerprint density at radius 3 is 3.00 bits per heavy atom. The molecule has 2 aromatic rings. The number of hydrogen-bond donors (Lipinski definition) is 1. The molecule has 0 amide bonds. The van der Waals surface area contributed by atoms with E-state index in [1.54, 1.807) is 6.20 Å². The first-order valence-corrected chi connectivity index (χ1v) is 4.86. The molecule has 0 saturated heterocycles. The van der Waals surface area contributed by atoms with E-state index in [4.69, 9.17) is 5.73 Å². The minimum atomic E-state index is 0.532. The van der Waals surface area contributed by atoms with E-state index in [1.165, 1.54) is 12.8 Å². The summed E-state index contributed by atoms with van der Waals surface area (Å²) in [7, 11) is 0. The summed E-state index contributed by atoms with van der Waals surface area (Å²) in [5.74, 6) is 1.58. The van der Waals surface area contributed by atoms with Crippen molar-refractivity contribution in [2.45, 2.75) is 25.8 Å². The van der Waals surface area contributed by atoms with Crippen LogP contribution in [0.5, 0.6) is 0 Å². The lowest BCUT2D eigenvalue weighted by Crippen LogP contribution is -1.96. The molecule has 2 heterocycles. The fraction of sp³-hybridized carbons (Fsp3) is 0.400. The summed E-state index contributed by atoms with van der Waals surface area (Å²) in [5.41, 5.74) is 7.74. The van der Waals surface area contributed by atoms with Gasteiger partial charge in [-0.25, -0.2) is 9.97 Å². The Morgan fingerprint density at radius 1 is 1.50 bits per heavy atom. The molecule has 0 aliphatic heterocycles. The summed E-state index contributed by atoms with van der Waals surface area (Å²) in [4.78, 5) is 8.49.